The Bertz CT molecular complexity index is 885. The monoisotopic (exact) mass is 476 g/mol. The smallest absolute Gasteiger partial charge is 0.326 e. The number of benzene rings is 2. The summed E-state index contributed by atoms with van der Waals surface area (Å²) < 4.78 is 0.824. The van der Waals surface area contributed by atoms with Gasteiger partial charge in [0.1, 0.15) is 11.7 Å². The van der Waals surface area contributed by atoms with Gasteiger partial charge in [-0.15, -0.1) is 0 Å². The maximum Gasteiger partial charge on any atom is 0.326 e. The fourth-order valence-corrected chi connectivity index (χ4v) is 3.13. The maximum atomic E-state index is 12.8. The highest BCUT2D eigenvalue weighted by Crippen LogP contribution is 2.12. The number of nitrogens with one attached hydrogen (secondary N) is 2. The predicted molar refractivity (Wildman–Crippen MR) is 119 cm³/mol. The molecule has 0 aromatic heterocycles. The molecule has 0 bridgehead atoms. The highest BCUT2D eigenvalue weighted by Gasteiger charge is 2.22. The third-order valence-corrected chi connectivity index (χ3v) is 5.10. The van der Waals surface area contributed by atoms with E-state index in [1.165, 1.54) is 17.8 Å². The standard InChI is InChI=1S/C21H21BrN2O4S/c1-29-12-11-17(21(27)28)23-20(26)18(13-14-5-3-2-4-6-14)24-19(25)15-7-9-16(22)10-8-15/h2-10,13,17H,11-12H2,1H3,(H,23,26)(H,24,25)(H,27,28)/b18-13-. The average molecular weight is 477 g/mol. The van der Waals surface area contributed by atoms with Gasteiger partial charge in [0, 0.05) is 10.0 Å². The molecule has 152 valence electrons. The summed E-state index contributed by atoms with van der Waals surface area (Å²) in [5.41, 5.74) is 1.04. The van der Waals surface area contributed by atoms with E-state index in [2.05, 4.69) is 26.6 Å². The Balaban J connectivity index is 2.25. The van der Waals surface area contributed by atoms with Crippen molar-refractivity contribution in [1.82, 2.24) is 10.6 Å². The number of hydrogen-bond donors (Lipinski definition) is 3. The molecular weight excluding hydrogens is 456 g/mol. The van der Waals surface area contributed by atoms with Gasteiger partial charge in [-0.1, -0.05) is 46.3 Å². The van der Waals surface area contributed by atoms with Crippen molar-refractivity contribution in [2.45, 2.75) is 12.5 Å². The zero-order valence-corrected chi connectivity index (χ0v) is 18.1. The molecule has 0 radical (unpaired) electrons. The van der Waals surface area contributed by atoms with Crippen molar-refractivity contribution in [3.8, 4) is 0 Å². The van der Waals surface area contributed by atoms with Gasteiger partial charge in [-0.3, -0.25) is 9.59 Å². The van der Waals surface area contributed by atoms with Crippen LogP contribution >= 0.6 is 27.7 Å². The molecule has 2 aromatic rings. The lowest BCUT2D eigenvalue weighted by Crippen LogP contribution is -2.44. The number of aliphatic carboxylic acids is 1. The molecule has 2 amide bonds. The third kappa shape index (κ3) is 7.40. The Kier molecular flexibility index (Phi) is 8.95. The number of hydrogen-bond acceptors (Lipinski definition) is 4. The fourth-order valence-electron chi connectivity index (χ4n) is 2.40. The van der Waals surface area contributed by atoms with Crippen molar-refractivity contribution in [2.24, 2.45) is 0 Å². The zero-order chi connectivity index (χ0) is 21.2. The summed E-state index contributed by atoms with van der Waals surface area (Å²) in [5, 5.41) is 14.5. The molecule has 1 atom stereocenters. The van der Waals surface area contributed by atoms with E-state index in [-0.39, 0.29) is 12.1 Å². The summed E-state index contributed by atoms with van der Waals surface area (Å²) in [7, 11) is 0. The van der Waals surface area contributed by atoms with Crippen molar-refractivity contribution in [1.29, 1.82) is 0 Å². The number of carbonyl (C=O) groups is 3. The molecule has 0 heterocycles. The number of carboxylic acids is 1. The predicted octanol–water partition coefficient (Wildman–Crippen LogP) is 3.54. The van der Waals surface area contributed by atoms with Gasteiger partial charge in [0.25, 0.3) is 11.8 Å². The van der Waals surface area contributed by atoms with Crippen LogP contribution in [0.5, 0.6) is 0 Å². The molecule has 0 saturated heterocycles. The topological polar surface area (TPSA) is 95.5 Å². The highest BCUT2D eigenvalue weighted by atomic mass is 79.9. The van der Waals surface area contributed by atoms with E-state index in [4.69, 9.17) is 0 Å². The van der Waals surface area contributed by atoms with Crippen LogP contribution in [0.2, 0.25) is 0 Å². The van der Waals surface area contributed by atoms with E-state index < -0.39 is 23.8 Å². The summed E-state index contributed by atoms with van der Waals surface area (Å²) in [5.74, 6) is -1.66. The van der Waals surface area contributed by atoms with Crippen LogP contribution in [0.4, 0.5) is 0 Å². The van der Waals surface area contributed by atoms with Crippen LogP contribution in [0.1, 0.15) is 22.3 Å². The second-order valence-corrected chi connectivity index (χ2v) is 7.98. The van der Waals surface area contributed by atoms with Crippen LogP contribution in [0, 0.1) is 0 Å². The van der Waals surface area contributed by atoms with Crippen LogP contribution in [0.15, 0.2) is 64.8 Å². The fraction of sp³-hybridized carbons (Fsp3) is 0.190. The van der Waals surface area contributed by atoms with Crippen molar-refractivity contribution >= 4 is 51.6 Å². The highest BCUT2D eigenvalue weighted by molar-refractivity contribution is 9.10. The first-order valence-corrected chi connectivity index (χ1v) is 11.0. The molecule has 2 aromatic carbocycles. The summed E-state index contributed by atoms with van der Waals surface area (Å²) in [6, 6.07) is 14.6. The molecule has 0 aliphatic carbocycles. The van der Waals surface area contributed by atoms with Gasteiger partial charge < -0.3 is 15.7 Å². The zero-order valence-electron chi connectivity index (χ0n) is 15.7. The molecule has 3 N–H and O–H groups in total. The van der Waals surface area contributed by atoms with Gasteiger partial charge in [0.05, 0.1) is 0 Å². The Morgan fingerprint density at radius 1 is 1.10 bits per heavy atom. The number of carbonyl (C=O) groups excluding carboxylic acids is 2. The lowest BCUT2D eigenvalue weighted by Gasteiger charge is -2.16. The van der Waals surface area contributed by atoms with Gasteiger partial charge >= 0.3 is 5.97 Å². The van der Waals surface area contributed by atoms with Crippen LogP contribution in [0.3, 0.4) is 0 Å². The Labute approximate surface area is 181 Å². The number of thioether (sulfide) groups is 1. The lowest BCUT2D eigenvalue weighted by molar-refractivity contribution is -0.141. The average Bonchev–Trinajstić information content (AvgIpc) is 2.71. The first-order valence-electron chi connectivity index (χ1n) is 8.77. The summed E-state index contributed by atoms with van der Waals surface area (Å²) in [6.07, 6.45) is 3.65. The first-order chi connectivity index (χ1) is 13.9. The van der Waals surface area contributed by atoms with E-state index in [1.54, 1.807) is 48.5 Å². The van der Waals surface area contributed by atoms with E-state index >= 15 is 0 Å². The van der Waals surface area contributed by atoms with E-state index in [0.29, 0.717) is 16.9 Å². The summed E-state index contributed by atoms with van der Waals surface area (Å²) >= 11 is 4.80. The number of halogens is 1. The molecule has 29 heavy (non-hydrogen) atoms. The molecule has 6 nitrogen and oxygen atoms in total. The SMILES string of the molecule is CSCCC(NC(=O)/C(=C/c1ccccc1)NC(=O)c1ccc(Br)cc1)C(=O)O. The molecule has 0 aliphatic heterocycles. The Morgan fingerprint density at radius 3 is 2.34 bits per heavy atom. The van der Waals surface area contributed by atoms with E-state index in [9.17, 15) is 19.5 Å². The van der Waals surface area contributed by atoms with Crippen molar-refractivity contribution in [3.63, 3.8) is 0 Å². The maximum absolute atomic E-state index is 12.8. The molecule has 0 aliphatic rings. The summed E-state index contributed by atoms with van der Waals surface area (Å²) in [4.78, 5) is 36.8. The number of rotatable bonds is 9. The molecule has 0 fully saturated rings. The second-order valence-electron chi connectivity index (χ2n) is 6.08. The second kappa shape index (κ2) is 11.4. The van der Waals surface area contributed by atoms with Crippen molar-refractivity contribution in [3.05, 3.63) is 75.9 Å². The Morgan fingerprint density at radius 2 is 1.76 bits per heavy atom. The number of amides is 2. The molecule has 1 unspecified atom stereocenters. The largest absolute Gasteiger partial charge is 0.480 e. The van der Waals surface area contributed by atoms with Gasteiger partial charge in [0.15, 0.2) is 0 Å². The third-order valence-electron chi connectivity index (χ3n) is 3.92. The Hall–Kier alpha value is -2.58. The van der Waals surface area contributed by atoms with Gasteiger partial charge in [-0.05, 0) is 54.3 Å². The normalized spacial score (nSPS) is 12.1. The van der Waals surface area contributed by atoms with Gasteiger partial charge in [0.2, 0.25) is 0 Å². The summed E-state index contributed by atoms with van der Waals surface area (Å²) in [6.45, 7) is 0. The quantitative estimate of drug-likeness (QED) is 0.481. The minimum absolute atomic E-state index is 0.0282. The van der Waals surface area contributed by atoms with Crippen molar-refractivity contribution < 1.29 is 19.5 Å². The van der Waals surface area contributed by atoms with E-state index in [1.807, 2.05) is 12.3 Å². The van der Waals surface area contributed by atoms with Crippen LogP contribution in [0.25, 0.3) is 6.08 Å². The minimum Gasteiger partial charge on any atom is -0.480 e. The molecule has 2 rings (SSSR count). The van der Waals surface area contributed by atoms with Crippen LogP contribution < -0.4 is 10.6 Å². The van der Waals surface area contributed by atoms with Gasteiger partial charge in [-0.25, -0.2) is 4.79 Å². The first kappa shape index (κ1) is 22.7. The molecular formula is C21H21BrN2O4S. The molecule has 0 saturated carbocycles. The molecule has 8 heteroatoms. The van der Waals surface area contributed by atoms with Gasteiger partial charge in [-0.2, -0.15) is 11.8 Å². The number of carboxylic acid groups (broad SMARTS) is 1. The lowest BCUT2D eigenvalue weighted by atomic mass is 10.1. The van der Waals surface area contributed by atoms with Crippen LogP contribution in [-0.2, 0) is 9.59 Å². The molecule has 0 spiro atoms. The van der Waals surface area contributed by atoms with Crippen molar-refractivity contribution in [2.75, 3.05) is 12.0 Å². The van der Waals surface area contributed by atoms with Crippen LogP contribution in [-0.4, -0.2) is 40.9 Å². The van der Waals surface area contributed by atoms with E-state index in [0.717, 1.165) is 4.47 Å². The minimum atomic E-state index is -1.12.